The van der Waals surface area contributed by atoms with E-state index in [9.17, 15) is 97.1 Å². The number of hydrogen-bond acceptors (Lipinski definition) is 25. The van der Waals surface area contributed by atoms with E-state index in [0.717, 1.165) is 6.92 Å². The summed E-state index contributed by atoms with van der Waals surface area (Å²) in [6.45, 7) is 4.31. The zero-order valence-corrected chi connectivity index (χ0v) is 54.4. The fraction of sp³-hybridized carbons (Fsp3) is 0.600. The molecule has 34 N–H and O–H groups in total. The highest BCUT2D eigenvalue weighted by molar-refractivity contribution is 6.00. The van der Waals surface area contributed by atoms with Crippen molar-refractivity contribution >= 4 is 94.8 Å². The number of aliphatic hydroxyl groups excluding tert-OH is 1. The number of quaternary nitrogens is 1. The number of carbonyl (C=O) groups is 16. The van der Waals surface area contributed by atoms with Crippen LogP contribution in [-0.2, 0) is 89.6 Å². The van der Waals surface area contributed by atoms with Crippen LogP contribution in [0.15, 0.2) is 25.0 Å². The van der Waals surface area contributed by atoms with Gasteiger partial charge in [-0.05, 0) is 58.5 Å². The van der Waals surface area contributed by atoms with Crippen LogP contribution in [-0.4, -0.2) is 238 Å². The minimum atomic E-state index is -2.22. The Hall–Kier alpha value is -10.4. The average Bonchev–Trinajstić information content (AvgIpc) is 1.25. The van der Waals surface area contributed by atoms with Crippen molar-refractivity contribution in [3.63, 3.8) is 0 Å². The SMILES string of the molecule is CC(C)[C@H]([NH3+])C(=O)N[C@@H](CCC(=O)O)C(=O)N[C@@H](CCC(N)=O)C(=O)N[C@@H](Cc1cnc[nH]1)C(=O)N[C@@H](Cc1cnc[nH]1)C(=O)N[C@@H](CCCNC(N)N)C(=O)N[C@@H](CCCNC(N)N)C(=O)N[C@H](C(=O)N[C@@H](CC(=O)O)C(=O)N[C@@H](CC(N)=O)C(=O)N[C@@H](CC(=O)O)C(=O)O)[C@@H](C)O. The third-order valence-electron chi connectivity index (χ3n) is 14.4. The van der Waals surface area contributed by atoms with E-state index >= 15 is 0 Å². The number of nitrogens with one attached hydrogen (secondary N) is 14. The van der Waals surface area contributed by atoms with E-state index in [4.69, 9.17) is 39.5 Å². The van der Waals surface area contributed by atoms with Crippen molar-refractivity contribution in [1.29, 1.82) is 0 Å². The lowest BCUT2D eigenvalue weighted by atomic mass is 10.0. The maximum Gasteiger partial charge on any atom is 0.326 e. The fourth-order valence-electron chi connectivity index (χ4n) is 9.01. The van der Waals surface area contributed by atoms with Crippen molar-refractivity contribution in [2.75, 3.05) is 13.1 Å². The molecule has 2 aromatic heterocycles. The normalized spacial score (nSPS) is 14.9. The van der Waals surface area contributed by atoms with Crippen LogP contribution in [0, 0.1) is 5.92 Å². The van der Waals surface area contributed by atoms with Crippen LogP contribution in [0.3, 0.4) is 0 Å². The molecule has 0 saturated carbocycles. The zero-order chi connectivity index (χ0) is 74.8. The molecule has 0 saturated heterocycles. The van der Waals surface area contributed by atoms with Gasteiger partial charge in [0, 0.05) is 55.4 Å². The van der Waals surface area contributed by atoms with Gasteiger partial charge in [-0.15, -0.1) is 0 Å². The maximum atomic E-state index is 14.8. The summed E-state index contributed by atoms with van der Waals surface area (Å²) in [5.74, 6) is -21.0. The number of nitrogens with two attached hydrogens (primary N) is 6. The zero-order valence-electron chi connectivity index (χ0n) is 54.4. The average molecular weight is 1410 g/mol. The van der Waals surface area contributed by atoms with E-state index in [0.29, 0.717) is 0 Å². The summed E-state index contributed by atoms with van der Waals surface area (Å²) in [6.07, 6.45) is -6.10. The van der Waals surface area contributed by atoms with Crippen molar-refractivity contribution in [2.24, 2.45) is 40.3 Å². The number of amides is 12. The lowest BCUT2D eigenvalue weighted by Crippen LogP contribution is -2.71. The van der Waals surface area contributed by atoms with Gasteiger partial charge in [-0.3, -0.25) is 82.6 Å². The Labute approximate surface area is 564 Å². The Bertz CT molecular complexity index is 3080. The highest BCUT2D eigenvalue weighted by atomic mass is 16.4. The molecule has 2 rings (SSSR count). The molecule has 12 amide bonds. The molecule has 0 spiro atoms. The van der Waals surface area contributed by atoms with Crippen molar-refractivity contribution in [3.8, 4) is 0 Å². The van der Waals surface area contributed by atoms with Crippen LogP contribution in [0.25, 0.3) is 0 Å². The first-order valence-electron chi connectivity index (χ1n) is 30.8. The van der Waals surface area contributed by atoms with Gasteiger partial charge in [-0.2, -0.15) is 0 Å². The predicted molar refractivity (Wildman–Crippen MR) is 337 cm³/mol. The summed E-state index contributed by atoms with van der Waals surface area (Å²) in [5, 5.41) is 76.9. The highest BCUT2D eigenvalue weighted by Gasteiger charge is 2.39. The molecule has 0 aliphatic rings. The number of primary amides is 2. The molecule has 0 radical (unpaired) electrons. The number of carbonyl (C=O) groups excluding carboxylic acids is 12. The third-order valence-corrected chi connectivity index (χ3v) is 14.4. The summed E-state index contributed by atoms with van der Waals surface area (Å²) in [6, 6.07) is -19.5. The largest absolute Gasteiger partial charge is 0.481 e. The molecule has 44 heteroatoms. The van der Waals surface area contributed by atoms with Crippen molar-refractivity contribution < 1.29 is 108 Å². The van der Waals surface area contributed by atoms with E-state index in [2.05, 4.69) is 73.5 Å². The van der Waals surface area contributed by atoms with Gasteiger partial charge in [0.1, 0.15) is 73.0 Å². The molecule has 0 unspecified atom stereocenters. The number of aliphatic carboxylic acids is 4. The predicted octanol–water partition coefficient (Wildman–Crippen LogP) is -12.4. The molecule has 0 fully saturated rings. The molecule has 2 aromatic rings. The van der Waals surface area contributed by atoms with E-state index in [1.807, 2.05) is 10.6 Å². The number of rotatable bonds is 49. The third kappa shape index (κ3) is 33.0. The molecule has 44 nitrogen and oxygen atoms in total. The van der Waals surface area contributed by atoms with Gasteiger partial charge in [-0.1, -0.05) is 13.8 Å². The van der Waals surface area contributed by atoms with Gasteiger partial charge in [0.2, 0.25) is 65.0 Å². The number of hydrogen-bond donors (Lipinski definition) is 26. The molecule has 0 bridgehead atoms. The standard InChI is InChI=1S/C55H91N23O21/c1-23(2)41(58)51(96)72-30(9-11-38(82)83)44(89)71-29(8-10-36(56)80)45(90)73-32(15-26-20-64-22-68-26)48(93)74-31(14-25-19-63-21-67-25)47(92)70-27(6-4-12-65-54(59)60)43(88)69-28(7-5-13-66-55(61)62)46(91)78-42(24(3)79)52(97)76-34(17-39(84)85)50(95)75-33(16-37(57)81)49(94)77-35(53(98)99)18-40(86)87/h19-24,27-35,41-42,54-55,65-66,79H,4-18,58-62H2,1-3H3,(H2,56,80)(H2,57,81)(H,63,67)(H,64,68)(H,69,88)(H,70,92)(H,71,89)(H,72,96)(H,73,90)(H,74,93)(H,75,95)(H,76,97)(H,77,94)(H,78,91)(H,82,83)(H,84,85)(H,86,87)(H,98,99)/p+1/t24-,27+,28+,29+,30+,31+,32+,33+,34+,35+,41+,42+/m1/s1. The minimum Gasteiger partial charge on any atom is -0.481 e. The Kier molecular flexibility index (Phi) is 36.8. The topological polar surface area (TPSA) is 760 Å². The number of aromatic nitrogens is 4. The number of aliphatic hydroxyl groups is 1. The highest BCUT2D eigenvalue weighted by Crippen LogP contribution is 2.12. The molecular weight excluding hydrogens is 1320 g/mol. The first kappa shape index (κ1) is 84.7. The van der Waals surface area contributed by atoms with Gasteiger partial charge in [-0.25, -0.2) is 14.8 Å². The number of imidazole rings is 2. The van der Waals surface area contributed by atoms with E-state index < -0.39 is 238 Å². The van der Waals surface area contributed by atoms with Gasteiger partial charge >= 0.3 is 23.9 Å². The number of nitrogens with zero attached hydrogens (tertiary/aromatic N) is 2. The number of carboxylic acids is 4. The smallest absolute Gasteiger partial charge is 0.326 e. The Morgan fingerprint density at radius 2 is 0.778 bits per heavy atom. The number of aromatic amines is 2. The maximum absolute atomic E-state index is 14.8. The van der Waals surface area contributed by atoms with Gasteiger partial charge < -0.3 is 129 Å². The van der Waals surface area contributed by atoms with Gasteiger partial charge in [0.05, 0.1) is 38.0 Å². The van der Waals surface area contributed by atoms with Crippen molar-refractivity contribution in [1.82, 2.24) is 83.7 Å². The molecule has 552 valence electrons. The first-order valence-corrected chi connectivity index (χ1v) is 30.8. The van der Waals surface area contributed by atoms with Crippen LogP contribution < -0.4 is 104 Å². The summed E-state index contributed by atoms with van der Waals surface area (Å²) >= 11 is 0. The quantitative estimate of drug-likeness (QED) is 0.0216. The van der Waals surface area contributed by atoms with Crippen LogP contribution in [0.4, 0.5) is 0 Å². The van der Waals surface area contributed by atoms with Crippen LogP contribution in [0.2, 0.25) is 0 Å². The summed E-state index contributed by atoms with van der Waals surface area (Å²) in [5.41, 5.74) is 37.5. The summed E-state index contributed by atoms with van der Waals surface area (Å²) < 4.78 is 0. The molecule has 99 heavy (non-hydrogen) atoms. The van der Waals surface area contributed by atoms with E-state index in [1.54, 1.807) is 19.2 Å². The minimum absolute atomic E-state index is 0.000402. The molecule has 2 heterocycles. The van der Waals surface area contributed by atoms with Gasteiger partial charge in [0.15, 0.2) is 6.04 Å². The molecular formula is C55H92N23O21+. The van der Waals surface area contributed by atoms with E-state index in [1.165, 1.54) is 25.0 Å². The van der Waals surface area contributed by atoms with Crippen molar-refractivity contribution in [3.05, 3.63) is 36.4 Å². The molecule has 12 atom stereocenters. The Morgan fingerprint density at radius 3 is 1.14 bits per heavy atom. The number of H-pyrrole nitrogens is 2. The molecule has 0 aliphatic heterocycles. The van der Waals surface area contributed by atoms with Crippen LogP contribution in [0.1, 0.15) is 103 Å². The Morgan fingerprint density at radius 1 is 0.434 bits per heavy atom. The first-order chi connectivity index (χ1) is 46.4. The second kappa shape index (κ2) is 43.0. The lowest BCUT2D eigenvalue weighted by molar-refractivity contribution is -0.414. The fourth-order valence-corrected chi connectivity index (χ4v) is 9.01. The second-order valence-corrected chi connectivity index (χ2v) is 23.1. The summed E-state index contributed by atoms with van der Waals surface area (Å²) in [4.78, 5) is 224. The molecule has 0 aliphatic carbocycles. The van der Waals surface area contributed by atoms with Gasteiger partial charge in [0.25, 0.3) is 5.91 Å². The number of carboxylic acid groups (broad SMARTS) is 4. The van der Waals surface area contributed by atoms with Crippen LogP contribution in [0.5, 0.6) is 0 Å². The van der Waals surface area contributed by atoms with E-state index in [-0.39, 0.29) is 56.1 Å². The Balaban J connectivity index is 2.65. The van der Waals surface area contributed by atoms with Crippen molar-refractivity contribution in [2.45, 2.75) is 189 Å². The molecule has 0 aromatic carbocycles. The second-order valence-electron chi connectivity index (χ2n) is 23.1. The monoisotopic (exact) mass is 1410 g/mol. The lowest BCUT2D eigenvalue weighted by Gasteiger charge is -2.29. The summed E-state index contributed by atoms with van der Waals surface area (Å²) in [7, 11) is 0. The van der Waals surface area contributed by atoms with Crippen LogP contribution >= 0.6 is 0 Å².